The van der Waals surface area contributed by atoms with Crippen molar-refractivity contribution in [1.82, 2.24) is 0 Å². The van der Waals surface area contributed by atoms with E-state index in [0.717, 1.165) is 0 Å². The normalized spacial score (nSPS) is 11.0. The summed E-state index contributed by atoms with van der Waals surface area (Å²) in [6.45, 7) is 3.93. The molecular formula is C17H18Cl2N2O5S. The first-order valence-corrected chi connectivity index (χ1v) is 10.2. The number of halogens is 2. The van der Waals surface area contributed by atoms with Gasteiger partial charge in [0.2, 0.25) is 0 Å². The predicted molar refractivity (Wildman–Crippen MR) is 106 cm³/mol. The second kappa shape index (κ2) is 9.16. The first-order chi connectivity index (χ1) is 12.8. The van der Waals surface area contributed by atoms with Crippen molar-refractivity contribution in [3.63, 3.8) is 0 Å². The van der Waals surface area contributed by atoms with Crippen molar-refractivity contribution < 1.29 is 22.7 Å². The van der Waals surface area contributed by atoms with Crippen LogP contribution in [0.3, 0.4) is 0 Å². The van der Waals surface area contributed by atoms with Gasteiger partial charge in [-0.25, -0.2) is 13.2 Å². The van der Waals surface area contributed by atoms with Crippen molar-refractivity contribution in [3.8, 4) is 5.75 Å². The molecule has 0 bridgehead atoms. The zero-order chi connectivity index (χ0) is 20.0. The molecule has 10 heteroatoms. The SMILES string of the molecule is CCOC(=O)Nc1cc(S(=O)(=O)Nc2ccc(Cl)cc2Cl)ccc1OCC. The monoisotopic (exact) mass is 432 g/mol. The van der Waals surface area contributed by atoms with Crippen LogP contribution in [0.4, 0.5) is 16.2 Å². The Morgan fingerprint density at radius 1 is 1.04 bits per heavy atom. The van der Waals surface area contributed by atoms with Crippen LogP contribution in [0.1, 0.15) is 13.8 Å². The summed E-state index contributed by atoms with van der Waals surface area (Å²) in [7, 11) is -3.98. The number of ether oxygens (including phenoxy) is 2. The standard InChI is InChI=1S/C17H18Cl2N2O5S/c1-3-25-16-8-6-12(10-15(16)20-17(22)26-4-2)27(23,24)21-14-7-5-11(18)9-13(14)19/h5-10,21H,3-4H2,1-2H3,(H,20,22). The molecule has 7 nitrogen and oxygen atoms in total. The molecule has 0 fully saturated rings. The molecule has 0 spiro atoms. The molecule has 0 unspecified atom stereocenters. The topological polar surface area (TPSA) is 93.7 Å². The second-order valence-corrected chi connectivity index (χ2v) is 7.69. The lowest BCUT2D eigenvalue weighted by Gasteiger charge is -2.14. The number of sulfonamides is 1. The van der Waals surface area contributed by atoms with Crippen molar-refractivity contribution in [3.05, 3.63) is 46.4 Å². The zero-order valence-corrected chi connectivity index (χ0v) is 16.9. The lowest BCUT2D eigenvalue weighted by molar-refractivity contribution is 0.167. The highest BCUT2D eigenvalue weighted by molar-refractivity contribution is 7.92. The van der Waals surface area contributed by atoms with E-state index in [9.17, 15) is 13.2 Å². The third kappa shape index (κ3) is 5.66. The minimum atomic E-state index is -3.98. The Hall–Kier alpha value is -2.16. The molecule has 0 saturated heterocycles. The van der Waals surface area contributed by atoms with Crippen LogP contribution < -0.4 is 14.8 Å². The van der Waals surface area contributed by atoms with Gasteiger partial charge >= 0.3 is 6.09 Å². The van der Waals surface area contributed by atoms with Crippen molar-refractivity contribution in [2.45, 2.75) is 18.7 Å². The number of rotatable bonds is 7. The minimum absolute atomic E-state index is 0.0937. The Bertz CT molecular complexity index is 935. The minimum Gasteiger partial charge on any atom is -0.492 e. The van der Waals surface area contributed by atoms with E-state index in [-0.39, 0.29) is 27.9 Å². The summed E-state index contributed by atoms with van der Waals surface area (Å²) in [6.07, 6.45) is -0.721. The molecular weight excluding hydrogens is 415 g/mol. The summed E-state index contributed by atoms with van der Waals surface area (Å²) in [5, 5.41) is 3.00. The Labute approximate surface area is 167 Å². The molecule has 0 aromatic heterocycles. The fourth-order valence-corrected chi connectivity index (χ4v) is 3.73. The lowest BCUT2D eigenvalue weighted by atomic mass is 10.3. The van der Waals surface area contributed by atoms with Gasteiger partial charge in [-0.05, 0) is 50.2 Å². The van der Waals surface area contributed by atoms with Gasteiger partial charge in [-0.1, -0.05) is 23.2 Å². The number of carbonyl (C=O) groups excluding carboxylic acids is 1. The lowest BCUT2D eigenvalue weighted by Crippen LogP contribution is -2.16. The van der Waals surface area contributed by atoms with Crippen molar-refractivity contribution in [2.24, 2.45) is 0 Å². The van der Waals surface area contributed by atoms with E-state index in [1.165, 1.54) is 36.4 Å². The number of amides is 1. The smallest absolute Gasteiger partial charge is 0.411 e. The summed E-state index contributed by atoms with van der Waals surface area (Å²) in [4.78, 5) is 11.6. The van der Waals surface area contributed by atoms with E-state index in [4.69, 9.17) is 32.7 Å². The largest absolute Gasteiger partial charge is 0.492 e. The molecule has 0 radical (unpaired) electrons. The van der Waals surface area contributed by atoms with Crippen molar-refractivity contribution >= 4 is 50.7 Å². The van der Waals surface area contributed by atoms with Crippen LogP contribution in [0.25, 0.3) is 0 Å². The van der Waals surface area contributed by atoms with Gasteiger partial charge in [0.15, 0.2) is 0 Å². The molecule has 0 saturated carbocycles. The highest BCUT2D eigenvalue weighted by atomic mass is 35.5. The van der Waals surface area contributed by atoms with Gasteiger partial charge < -0.3 is 9.47 Å². The van der Waals surface area contributed by atoms with Crippen LogP contribution in [0.2, 0.25) is 10.0 Å². The molecule has 0 aliphatic rings. The van der Waals surface area contributed by atoms with E-state index < -0.39 is 16.1 Å². The molecule has 0 atom stereocenters. The van der Waals surface area contributed by atoms with Gasteiger partial charge in [0.05, 0.1) is 34.5 Å². The maximum atomic E-state index is 12.7. The van der Waals surface area contributed by atoms with Crippen molar-refractivity contribution in [1.29, 1.82) is 0 Å². The van der Waals surface area contributed by atoms with E-state index in [2.05, 4.69) is 10.0 Å². The van der Waals surface area contributed by atoms with E-state index in [1.54, 1.807) is 13.8 Å². The van der Waals surface area contributed by atoms with Gasteiger partial charge in [0, 0.05) is 5.02 Å². The van der Waals surface area contributed by atoms with Gasteiger partial charge in [0.25, 0.3) is 10.0 Å². The van der Waals surface area contributed by atoms with Gasteiger partial charge in [-0.15, -0.1) is 0 Å². The first kappa shape index (κ1) is 21.1. The highest BCUT2D eigenvalue weighted by Crippen LogP contribution is 2.31. The average molecular weight is 433 g/mol. The number of hydrogen-bond acceptors (Lipinski definition) is 5. The predicted octanol–water partition coefficient (Wildman–Crippen LogP) is 4.76. The van der Waals surface area contributed by atoms with Crippen LogP contribution in [-0.4, -0.2) is 27.7 Å². The molecule has 0 heterocycles. The zero-order valence-electron chi connectivity index (χ0n) is 14.6. The van der Waals surface area contributed by atoms with E-state index in [1.807, 2.05) is 0 Å². The summed E-state index contributed by atoms with van der Waals surface area (Å²) in [6, 6.07) is 8.46. The molecule has 146 valence electrons. The maximum absolute atomic E-state index is 12.7. The van der Waals surface area contributed by atoms with E-state index in [0.29, 0.717) is 17.4 Å². The molecule has 2 aromatic rings. The molecule has 0 aliphatic heterocycles. The molecule has 1 amide bonds. The van der Waals surface area contributed by atoms with Gasteiger partial charge in [0.1, 0.15) is 5.75 Å². The Morgan fingerprint density at radius 2 is 1.78 bits per heavy atom. The summed E-state index contributed by atoms with van der Waals surface area (Å²) in [5.74, 6) is 0.314. The number of carbonyl (C=O) groups is 1. The number of hydrogen-bond donors (Lipinski definition) is 2. The number of nitrogens with one attached hydrogen (secondary N) is 2. The van der Waals surface area contributed by atoms with E-state index >= 15 is 0 Å². The van der Waals surface area contributed by atoms with Crippen LogP contribution in [0, 0.1) is 0 Å². The second-order valence-electron chi connectivity index (χ2n) is 5.17. The van der Waals surface area contributed by atoms with Crippen LogP contribution in [-0.2, 0) is 14.8 Å². The van der Waals surface area contributed by atoms with Crippen LogP contribution >= 0.6 is 23.2 Å². The average Bonchev–Trinajstić information content (AvgIpc) is 2.59. The molecule has 2 N–H and O–H groups in total. The number of benzene rings is 2. The molecule has 2 rings (SSSR count). The van der Waals surface area contributed by atoms with Gasteiger partial charge in [-0.2, -0.15) is 0 Å². The van der Waals surface area contributed by atoms with Gasteiger partial charge in [-0.3, -0.25) is 10.0 Å². The van der Waals surface area contributed by atoms with Crippen molar-refractivity contribution in [2.75, 3.05) is 23.3 Å². The fraction of sp³-hybridized carbons (Fsp3) is 0.235. The maximum Gasteiger partial charge on any atom is 0.411 e. The Morgan fingerprint density at radius 3 is 2.41 bits per heavy atom. The molecule has 2 aromatic carbocycles. The fourth-order valence-electron chi connectivity index (χ4n) is 2.11. The summed E-state index contributed by atoms with van der Waals surface area (Å²) in [5.41, 5.74) is 0.343. The highest BCUT2D eigenvalue weighted by Gasteiger charge is 2.19. The Balaban J connectivity index is 2.36. The first-order valence-electron chi connectivity index (χ1n) is 7.95. The third-order valence-corrected chi connectivity index (χ3v) is 5.16. The quantitative estimate of drug-likeness (QED) is 0.657. The Kier molecular flexibility index (Phi) is 7.18. The molecule has 27 heavy (non-hydrogen) atoms. The van der Waals surface area contributed by atoms with Crippen LogP contribution in [0.5, 0.6) is 5.75 Å². The van der Waals surface area contributed by atoms with Crippen LogP contribution in [0.15, 0.2) is 41.3 Å². The summed E-state index contributed by atoms with van der Waals surface area (Å²) >= 11 is 11.8. The number of anilines is 2. The molecule has 0 aliphatic carbocycles. The summed E-state index contributed by atoms with van der Waals surface area (Å²) < 4.78 is 38.0. The third-order valence-electron chi connectivity index (χ3n) is 3.25.